The first-order valence-corrected chi connectivity index (χ1v) is 9.43. The molecule has 0 bridgehead atoms. The molecule has 8 heteroatoms. The summed E-state index contributed by atoms with van der Waals surface area (Å²) >= 11 is 0. The lowest BCUT2D eigenvalue weighted by molar-refractivity contribution is -0.140. The zero-order chi connectivity index (χ0) is 21.8. The molecule has 0 aliphatic carbocycles. The van der Waals surface area contributed by atoms with Gasteiger partial charge in [0.15, 0.2) is 0 Å². The largest absolute Gasteiger partial charge is 0.507 e. The number of carbonyl (C=O) groups is 1. The second-order valence-electron chi connectivity index (χ2n) is 6.69. The van der Waals surface area contributed by atoms with Gasteiger partial charge in [0.2, 0.25) is 0 Å². The van der Waals surface area contributed by atoms with E-state index in [0.717, 1.165) is 0 Å². The highest BCUT2D eigenvalue weighted by atomic mass is 16.5. The van der Waals surface area contributed by atoms with Gasteiger partial charge in [0, 0.05) is 18.3 Å². The number of aromatic hydroxyl groups is 1. The molecule has 0 amide bonds. The summed E-state index contributed by atoms with van der Waals surface area (Å²) in [5.41, 5.74) is 0.0422. The Kier molecular flexibility index (Phi) is 5.61. The van der Waals surface area contributed by atoms with E-state index in [1.165, 1.54) is 7.11 Å². The lowest BCUT2D eigenvalue weighted by Gasteiger charge is -2.18. The van der Waals surface area contributed by atoms with E-state index in [4.69, 9.17) is 13.9 Å². The van der Waals surface area contributed by atoms with Crippen molar-refractivity contribution in [3.8, 4) is 17.5 Å². The van der Waals surface area contributed by atoms with Crippen molar-refractivity contribution in [1.82, 2.24) is 9.97 Å². The second-order valence-corrected chi connectivity index (χ2v) is 6.69. The van der Waals surface area contributed by atoms with Gasteiger partial charge >= 0.3 is 17.6 Å². The number of carbonyl (C=O) groups excluding carboxylic acids is 1. The summed E-state index contributed by atoms with van der Waals surface area (Å²) in [6, 6.07) is 15.2. The van der Waals surface area contributed by atoms with E-state index in [2.05, 4.69) is 9.97 Å². The summed E-state index contributed by atoms with van der Waals surface area (Å²) in [4.78, 5) is 33.0. The summed E-state index contributed by atoms with van der Waals surface area (Å²) in [6.45, 7) is 0. The summed E-state index contributed by atoms with van der Waals surface area (Å²) in [5, 5.41) is 11.3. The lowest BCUT2D eigenvalue weighted by Crippen LogP contribution is -2.18. The third-order valence-corrected chi connectivity index (χ3v) is 4.78. The van der Waals surface area contributed by atoms with Crippen LogP contribution in [0, 0.1) is 0 Å². The molecule has 0 saturated heterocycles. The van der Waals surface area contributed by atoms with Gasteiger partial charge < -0.3 is 19.0 Å². The first kappa shape index (κ1) is 20.1. The molecule has 2 aromatic carbocycles. The molecule has 156 valence electrons. The number of esters is 1. The third kappa shape index (κ3) is 4.23. The molecule has 0 unspecified atom stereocenters. The monoisotopic (exact) mass is 418 g/mol. The highest BCUT2D eigenvalue weighted by Gasteiger charge is 2.27. The van der Waals surface area contributed by atoms with Crippen LogP contribution in [0.4, 0.5) is 0 Å². The van der Waals surface area contributed by atoms with Crippen LogP contribution in [-0.4, -0.2) is 28.2 Å². The number of nitrogens with zero attached hydrogens (tertiary/aromatic N) is 2. The predicted octanol–water partition coefficient (Wildman–Crippen LogP) is 3.78. The summed E-state index contributed by atoms with van der Waals surface area (Å²) < 4.78 is 15.9. The predicted molar refractivity (Wildman–Crippen MR) is 111 cm³/mol. The molecule has 2 aromatic heterocycles. The smallest absolute Gasteiger partial charge is 0.343 e. The van der Waals surface area contributed by atoms with Gasteiger partial charge in [-0.05, 0) is 35.9 Å². The Morgan fingerprint density at radius 3 is 2.65 bits per heavy atom. The molecule has 2 heterocycles. The second kappa shape index (κ2) is 8.66. The molecule has 0 spiro atoms. The number of hydrogen-bond acceptors (Lipinski definition) is 8. The molecular weight excluding hydrogens is 400 g/mol. The summed E-state index contributed by atoms with van der Waals surface area (Å²) in [6.07, 6.45) is 2.91. The van der Waals surface area contributed by atoms with Crippen molar-refractivity contribution in [3.63, 3.8) is 0 Å². The molecule has 0 aliphatic heterocycles. The third-order valence-electron chi connectivity index (χ3n) is 4.78. The Labute approximate surface area is 176 Å². The van der Waals surface area contributed by atoms with Crippen LogP contribution in [0.2, 0.25) is 0 Å². The molecule has 0 radical (unpaired) electrons. The van der Waals surface area contributed by atoms with E-state index < -0.39 is 17.5 Å². The van der Waals surface area contributed by atoms with Gasteiger partial charge in [-0.3, -0.25) is 4.79 Å². The number of para-hydroxylation sites is 1. The van der Waals surface area contributed by atoms with Gasteiger partial charge in [-0.1, -0.05) is 24.3 Å². The summed E-state index contributed by atoms with van der Waals surface area (Å²) in [5.74, 6) is -1.20. The number of methoxy groups -OCH3 is 1. The molecule has 4 rings (SSSR count). The van der Waals surface area contributed by atoms with E-state index >= 15 is 0 Å². The molecular formula is C23H18N2O6. The summed E-state index contributed by atoms with van der Waals surface area (Å²) in [7, 11) is 1.26. The zero-order valence-electron chi connectivity index (χ0n) is 16.5. The van der Waals surface area contributed by atoms with Crippen molar-refractivity contribution < 1.29 is 23.8 Å². The van der Waals surface area contributed by atoms with Gasteiger partial charge in [-0.2, -0.15) is 0 Å². The van der Waals surface area contributed by atoms with Crippen molar-refractivity contribution in [3.05, 3.63) is 88.5 Å². The van der Waals surface area contributed by atoms with Crippen molar-refractivity contribution in [2.24, 2.45) is 0 Å². The highest BCUT2D eigenvalue weighted by Crippen LogP contribution is 2.37. The Morgan fingerprint density at radius 2 is 1.87 bits per heavy atom. The van der Waals surface area contributed by atoms with Gasteiger partial charge in [-0.25, -0.2) is 14.8 Å². The van der Waals surface area contributed by atoms with Crippen LogP contribution in [-0.2, 0) is 9.53 Å². The van der Waals surface area contributed by atoms with Gasteiger partial charge in [0.1, 0.15) is 17.1 Å². The van der Waals surface area contributed by atoms with Crippen molar-refractivity contribution in [1.29, 1.82) is 0 Å². The van der Waals surface area contributed by atoms with E-state index in [0.29, 0.717) is 16.7 Å². The number of rotatable bonds is 6. The normalized spacial score (nSPS) is 11.8. The first-order chi connectivity index (χ1) is 15.1. The van der Waals surface area contributed by atoms with Crippen LogP contribution in [0.1, 0.15) is 23.5 Å². The fraction of sp³-hybridized carbons (Fsp3) is 0.130. The quantitative estimate of drug-likeness (QED) is 0.372. The minimum atomic E-state index is -0.825. The molecule has 0 fully saturated rings. The Bertz CT molecular complexity index is 1290. The number of aromatic nitrogens is 2. The Morgan fingerprint density at radius 1 is 1.10 bits per heavy atom. The first-order valence-electron chi connectivity index (χ1n) is 9.43. The number of benzene rings is 2. The number of fused-ring (bicyclic) bond motifs is 1. The van der Waals surface area contributed by atoms with Crippen molar-refractivity contribution in [2.75, 3.05) is 7.11 Å². The number of ether oxygens (including phenoxy) is 2. The van der Waals surface area contributed by atoms with Crippen LogP contribution in [0.3, 0.4) is 0 Å². The van der Waals surface area contributed by atoms with E-state index in [-0.39, 0.29) is 29.3 Å². The standard InChI is InChI=1S/C23H18N2O6/c1-29-19(26)13-17(20-21(27)16-8-2-3-9-18(16)31-22(20)28)14-6-4-7-15(12-14)30-23-24-10-5-11-25-23/h2-12,17,27H,13H2,1H3/t17-/m1/s1. The van der Waals surface area contributed by atoms with E-state index in [9.17, 15) is 14.7 Å². The Balaban J connectivity index is 1.82. The zero-order valence-corrected chi connectivity index (χ0v) is 16.5. The van der Waals surface area contributed by atoms with Crippen LogP contribution < -0.4 is 10.4 Å². The average Bonchev–Trinajstić information content (AvgIpc) is 2.79. The number of hydrogen-bond donors (Lipinski definition) is 1. The minimum Gasteiger partial charge on any atom is -0.507 e. The maximum atomic E-state index is 12.8. The highest BCUT2D eigenvalue weighted by molar-refractivity contribution is 5.84. The average molecular weight is 418 g/mol. The maximum absolute atomic E-state index is 12.8. The van der Waals surface area contributed by atoms with Crippen molar-refractivity contribution in [2.45, 2.75) is 12.3 Å². The minimum absolute atomic E-state index is 0.0304. The molecule has 1 atom stereocenters. The maximum Gasteiger partial charge on any atom is 0.343 e. The SMILES string of the molecule is COC(=O)C[C@H](c1cccc(Oc2ncccn2)c1)c1c(O)c2ccccc2oc1=O. The fourth-order valence-corrected chi connectivity index (χ4v) is 3.33. The van der Waals surface area contributed by atoms with Gasteiger partial charge in [0.25, 0.3) is 0 Å². The van der Waals surface area contributed by atoms with Gasteiger partial charge in [-0.15, -0.1) is 0 Å². The van der Waals surface area contributed by atoms with Crippen LogP contribution in [0.15, 0.2) is 76.2 Å². The fourth-order valence-electron chi connectivity index (χ4n) is 3.33. The molecule has 0 aliphatic rings. The lowest BCUT2D eigenvalue weighted by atomic mass is 9.88. The van der Waals surface area contributed by atoms with E-state index in [1.807, 2.05) is 0 Å². The van der Waals surface area contributed by atoms with Crippen molar-refractivity contribution >= 4 is 16.9 Å². The van der Waals surface area contributed by atoms with Crippen LogP contribution in [0.5, 0.6) is 17.5 Å². The van der Waals surface area contributed by atoms with E-state index in [1.54, 1.807) is 67.0 Å². The van der Waals surface area contributed by atoms with Crippen LogP contribution >= 0.6 is 0 Å². The molecule has 31 heavy (non-hydrogen) atoms. The molecule has 4 aromatic rings. The Hall–Kier alpha value is -4.20. The van der Waals surface area contributed by atoms with Crippen LogP contribution in [0.25, 0.3) is 11.0 Å². The topological polar surface area (TPSA) is 112 Å². The van der Waals surface area contributed by atoms with Gasteiger partial charge in [0.05, 0.1) is 24.5 Å². The molecule has 1 N–H and O–H groups in total. The molecule has 0 saturated carbocycles. The molecule has 8 nitrogen and oxygen atoms in total.